The van der Waals surface area contributed by atoms with Crippen LogP contribution in [0.1, 0.15) is 43.9 Å². The maximum absolute atomic E-state index is 15.7. The van der Waals surface area contributed by atoms with Crippen LogP contribution in [0.15, 0.2) is 67.3 Å². The highest BCUT2D eigenvalue weighted by Crippen LogP contribution is 2.44. The van der Waals surface area contributed by atoms with Crippen molar-refractivity contribution in [3.8, 4) is 6.07 Å². The van der Waals surface area contributed by atoms with Crippen LogP contribution in [-0.4, -0.2) is 67.1 Å². The molecule has 0 unspecified atom stereocenters. The van der Waals surface area contributed by atoms with Crippen LogP contribution in [0.3, 0.4) is 0 Å². The molecule has 50 heavy (non-hydrogen) atoms. The zero-order chi connectivity index (χ0) is 36.5. The van der Waals surface area contributed by atoms with Crippen molar-refractivity contribution in [2.24, 2.45) is 5.41 Å². The lowest BCUT2D eigenvalue weighted by Crippen LogP contribution is -2.49. The summed E-state index contributed by atoms with van der Waals surface area (Å²) < 4.78 is 79.0. The van der Waals surface area contributed by atoms with E-state index < -0.39 is 60.4 Å². The second-order valence-corrected chi connectivity index (χ2v) is 14.9. The van der Waals surface area contributed by atoms with Crippen molar-refractivity contribution in [3.05, 3.63) is 101 Å². The molecule has 12 nitrogen and oxygen atoms in total. The average Bonchev–Trinajstić information content (AvgIpc) is 3.56. The van der Waals surface area contributed by atoms with Crippen LogP contribution in [0.25, 0.3) is 6.08 Å². The fourth-order valence-corrected chi connectivity index (χ4v) is 6.64. The maximum atomic E-state index is 15.7. The first-order valence-electron chi connectivity index (χ1n) is 15.3. The molecule has 0 saturated carbocycles. The van der Waals surface area contributed by atoms with Gasteiger partial charge >= 0.3 is 13.8 Å². The van der Waals surface area contributed by atoms with Crippen LogP contribution in [0, 0.1) is 34.2 Å². The molecular weight excluding hydrogens is 700 g/mol. The van der Waals surface area contributed by atoms with Gasteiger partial charge in [-0.15, -0.1) is 11.8 Å². The SMILES string of the molecule is C[C@@H](SC1COC(C=CC=Cc2ccc(C#N)cc2F)OC1)[C@@](Cn1cncn1)(OC(=O)C(C)(C)CCOP(=O)(O)O)c1ccc(F)cc1F. The summed E-state index contributed by atoms with van der Waals surface area (Å²) in [7, 11) is -4.80. The van der Waals surface area contributed by atoms with E-state index in [0.29, 0.717) is 11.6 Å². The third-order valence-corrected chi connectivity index (χ3v) is 9.76. The Balaban J connectivity index is 1.53. The summed E-state index contributed by atoms with van der Waals surface area (Å²) in [6, 6.07) is 8.96. The first kappa shape index (κ1) is 39.0. The fourth-order valence-electron chi connectivity index (χ4n) is 4.95. The van der Waals surface area contributed by atoms with Crippen LogP contribution in [0.5, 0.6) is 0 Å². The van der Waals surface area contributed by atoms with Gasteiger partial charge in [0.15, 0.2) is 11.9 Å². The number of benzene rings is 2. The smallest absolute Gasteiger partial charge is 0.450 e. The molecule has 4 rings (SSSR count). The molecule has 1 aromatic heterocycles. The number of esters is 1. The summed E-state index contributed by atoms with van der Waals surface area (Å²) in [5.41, 5.74) is -2.78. The van der Waals surface area contributed by atoms with Gasteiger partial charge in [0, 0.05) is 22.4 Å². The molecular formula is C33H36F3N4O8PS. The van der Waals surface area contributed by atoms with Gasteiger partial charge in [0.25, 0.3) is 0 Å². The van der Waals surface area contributed by atoms with Gasteiger partial charge in [-0.2, -0.15) is 10.4 Å². The molecule has 0 bridgehead atoms. The number of phosphoric ester groups is 1. The number of aromatic nitrogens is 3. The molecule has 268 valence electrons. The molecule has 0 amide bonds. The minimum Gasteiger partial charge on any atom is -0.450 e. The van der Waals surface area contributed by atoms with Gasteiger partial charge in [0.2, 0.25) is 0 Å². The monoisotopic (exact) mass is 736 g/mol. The molecule has 1 aliphatic rings. The standard InChI is InChI=1S/C33H36F3N4O8PS/c1-22(50-26-17-45-30(46-18-26)7-5-4-6-24-9-8-23(16-37)14-28(24)35)33(19-40-21-38-20-39-40,27-11-10-25(34)15-29(27)36)48-31(41)32(2,3)12-13-47-49(42,43)44/h4-11,14-15,20-22,26,30H,12-13,17-19H2,1-3H3,(H2,42,43,44)/t22-,26?,30?,33-/m1/s1. The Hall–Kier alpha value is -3.81. The molecule has 1 aliphatic heterocycles. The Morgan fingerprint density at radius 2 is 1.92 bits per heavy atom. The lowest BCUT2D eigenvalue weighted by molar-refractivity contribution is -0.175. The molecule has 0 spiro atoms. The average molecular weight is 737 g/mol. The zero-order valence-electron chi connectivity index (χ0n) is 27.3. The van der Waals surface area contributed by atoms with Gasteiger partial charge in [-0.05, 0) is 57.5 Å². The zero-order valence-corrected chi connectivity index (χ0v) is 29.0. The second kappa shape index (κ2) is 16.9. The Kier molecular flexibility index (Phi) is 13.2. The molecule has 2 N–H and O–H groups in total. The molecule has 2 aromatic carbocycles. The van der Waals surface area contributed by atoms with Gasteiger partial charge in [-0.3, -0.25) is 9.32 Å². The predicted octanol–water partition coefficient (Wildman–Crippen LogP) is 5.66. The number of hydrogen-bond acceptors (Lipinski definition) is 10. The summed E-state index contributed by atoms with van der Waals surface area (Å²) in [5, 5.41) is 12.0. The van der Waals surface area contributed by atoms with Crippen molar-refractivity contribution in [2.75, 3.05) is 19.8 Å². The summed E-state index contributed by atoms with van der Waals surface area (Å²) in [4.78, 5) is 35.9. The Labute approximate surface area is 291 Å². The highest BCUT2D eigenvalue weighted by atomic mass is 32.2. The van der Waals surface area contributed by atoms with Gasteiger partial charge < -0.3 is 24.0 Å². The molecule has 0 aliphatic carbocycles. The molecule has 1 saturated heterocycles. The van der Waals surface area contributed by atoms with Crippen LogP contribution in [-0.2, 0) is 40.2 Å². The molecule has 17 heteroatoms. The second-order valence-electron chi connectivity index (χ2n) is 12.0. The van der Waals surface area contributed by atoms with E-state index in [1.54, 1.807) is 25.2 Å². The first-order chi connectivity index (χ1) is 23.6. The molecule has 2 atom stereocenters. The van der Waals surface area contributed by atoms with E-state index in [1.807, 2.05) is 6.07 Å². The van der Waals surface area contributed by atoms with Crippen molar-refractivity contribution in [2.45, 2.75) is 56.1 Å². The molecule has 2 heterocycles. The number of nitrogens with zero attached hydrogens (tertiary/aromatic N) is 4. The van der Waals surface area contributed by atoms with Gasteiger partial charge in [0.1, 0.15) is 30.1 Å². The lowest BCUT2D eigenvalue weighted by Gasteiger charge is -2.42. The van der Waals surface area contributed by atoms with E-state index in [9.17, 15) is 18.1 Å². The largest absolute Gasteiger partial charge is 0.469 e. The van der Waals surface area contributed by atoms with Gasteiger partial charge in [-0.25, -0.2) is 27.4 Å². The number of nitriles is 1. The number of carbonyl (C=O) groups excluding carboxylic acids is 1. The number of rotatable bonds is 15. The van der Waals surface area contributed by atoms with Crippen LogP contribution in [0.4, 0.5) is 13.2 Å². The van der Waals surface area contributed by atoms with Crippen molar-refractivity contribution in [1.29, 1.82) is 5.26 Å². The lowest BCUT2D eigenvalue weighted by atomic mass is 9.86. The van der Waals surface area contributed by atoms with Gasteiger partial charge in [0.05, 0.1) is 48.7 Å². The highest BCUT2D eigenvalue weighted by molar-refractivity contribution is 8.00. The Morgan fingerprint density at radius 1 is 1.18 bits per heavy atom. The number of hydrogen-bond donors (Lipinski definition) is 2. The van der Waals surface area contributed by atoms with E-state index in [2.05, 4.69) is 14.6 Å². The number of allylic oxidation sites excluding steroid dienone is 2. The number of ether oxygens (including phenoxy) is 3. The third kappa shape index (κ3) is 10.6. The highest BCUT2D eigenvalue weighted by Gasteiger charge is 2.48. The summed E-state index contributed by atoms with van der Waals surface area (Å²) in [6.45, 7) is 4.36. The van der Waals surface area contributed by atoms with E-state index in [4.69, 9.17) is 29.3 Å². The minimum atomic E-state index is -4.80. The van der Waals surface area contributed by atoms with Crippen molar-refractivity contribution in [3.63, 3.8) is 0 Å². The number of carbonyl (C=O) groups is 1. The van der Waals surface area contributed by atoms with E-state index in [0.717, 1.165) is 12.1 Å². The summed E-state index contributed by atoms with van der Waals surface area (Å²) in [5.74, 6) is -3.18. The maximum Gasteiger partial charge on any atom is 0.469 e. The Morgan fingerprint density at radius 3 is 2.54 bits per heavy atom. The van der Waals surface area contributed by atoms with Crippen LogP contribution in [0.2, 0.25) is 0 Å². The minimum absolute atomic E-state index is 0.131. The van der Waals surface area contributed by atoms with Gasteiger partial charge in [-0.1, -0.05) is 24.3 Å². The van der Waals surface area contributed by atoms with E-state index in [1.165, 1.54) is 67.2 Å². The van der Waals surface area contributed by atoms with Crippen molar-refractivity contribution < 1.29 is 51.1 Å². The van der Waals surface area contributed by atoms with Crippen LogP contribution < -0.4 is 0 Å². The molecule has 1 fully saturated rings. The Bertz CT molecular complexity index is 1770. The number of thioether (sulfide) groups is 1. The topological polar surface area (TPSA) is 166 Å². The van der Waals surface area contributed by atoms with E-state index in [-0.39, 0.29) is 42.6 Å². The fraction of sp³-hybridized carbons (Fsp3) is 0.394. The summed E-state index contributed by atoms with van der Waals surface area (Å²) >= 11 is 1.28. The quantitative estimate of drug-likeness (QED) is 0.112. The molecule has 3 aromatic rings. The van der Waals surface area contributed by atoms with Crippen molar-refractivity contribution in [1.82, 2.24) is 14.8 Å². The third-order valence-electron chi connectivity index (χ3n) is 7.80. The first-order valence-corrected chi connectivity index (χ1v) is 17.7. The molecule has 0 radical (unpaired) electrons. The number of halogens is 3. The normalized spacial score (nSPS) is 18.9. The van der Waals surface area contributed by atoms with E-state index >= 15 is 4.39 Å². The van der Waals surface area contributed by atoms with Crippen molar-refractivity contribution >= 4 is 31.6 Å². The summed E-state index contributed by atoms with van der Waals surface area (Å²) in [6.07, 6.45) is 8.13. The number of phosphoric acid groups is 1. The predicted molar refractivity (Wildman–Crippen MR) is 176 cm³/mol. The van der Waals surface area contributed by atoms with Crippen LogP contribution >= 0.6 is 19.6 Å².